The highest BCUT2D eigenvalue weighted by Crippen LogP contribution is 2.27. The van der Waals surface area contributed by atoms with E-state index in [1.165, 1.54) is 0 Å². The van der Waals surface area contributed by atoms with Gasteiger partial charge in [-0.25, -0.2) is 4.98 Å². The molecule has 2 aromatic heterocycles. The van der Waals surface area contributed by atoms with E-state index in [9.17, 15) is 0 Å². The molecule has 1 aromatic carbocycles. The summed E-state index contributed by atoms with van der Waals surface area (Å²) in [6, 6.07) is 14.0. The van der Waals surface area contributed by atoms with Gasteiger partial charge in [0.05, 0.1) is 11.4 Å². The number of anilines is 3. The summed E-state index contributed by atoms with van der Waals surface area (Å²) < 4.78 is 0.977. The zero-order chi connectivity index (χ0) is 16.9. The molecule has 0 saturated carbocycles. The van der Waals surface area contributed by atoms with Crippen LogP contribution in [0.3, 0.4) is 0 Å². The first-order chi connectivity index (χ1) is 11.6. The lowest BCUT2D eigenvalue weighted by Gasteiger charge is -2.13. The van der Waals surface area contributed by atoms with Crippen LogP contribution in [0.4, 0.5) is 17.5 Å². The summed E-state index contributed by atoms with van der Waals surface area (Å²) in [5.41, 5.74) is 2.71. The Morgan fingerprint density at radius 3 is 2.58 bits per heavy atom. The SMILES string of the molecule is CC(C)Nc1nc(Nc2ccccc2Br)cc(-c2cccnc2)n1. The third kappa shape index (κ3) is 4.08. The zero-order valence-electron chi connectivity index (χ0n) is 13.5. The molecule has 0 atom stereocenters. The normalized spacial score (nSPS) is 10.7. The number of hydrogen-bond acceptors (Lipinski definition) is 5. The molecule has 0 saturated heterocycles. The summed E-state index contributed by atoms with van der Waals surface area (Å²) in [7, 11) is 0. The van der Waals surface area contributed by atoms with Gasteiger partial charge < -0.3 is 10.6 Å². The molecule has 0 fully saturated rings. The second kappa shape index (κ2) is 7.40. The molecule has 2 N–H and O–H groups in total. The van der Waals surface area contributed by atoms with E-state index in [1.54, 1.807) is 12.4 Å². The number of benzene rings is 1. The number of para-hydroxylation sites is 1. The van der Waals surface area contributed by atoms with E-state index in [4.69, 9.17) is 0 Å². The van der Waals surface area contributed by atoms with Crippen molar-refractivity contribution in [1.82, 2.24) is 15.0 Å². The van der Waals surface area contributed by atoms with Gasteiger partial charge in [-0.15, -0.1) is 0 Å². The van der Waals surface area contributed by atoms with E-state index in [0.717, 1.165) is 27.2 Å². The minimum absolute atomic E-state index is 0.241. The highest BCUT2D eigenvalue weighted by molar-refractivity contribution is 9.10. The van der Waals surface area contributed by atoms with Gasteiger partial charge >= 0.3 is 0 Å². The van der Waals surface area contributed by atoms with Crippen LogP contribution in [0, 0.1) is 0 Å². The number of pyridine rings is 1. The van der Waals surface area contributed by atoms with Crippen LogP contribution in [0.2, 0.25) is 0 Å². The highest BCUT2D eigenvalue weighted by Gasteiger charge is 2.09. The monoisotopic (exact) mass is 383 g/mol. The number of nitrogens with one attached hydrogen (secondary N) is 2. The summed E-state index contributed by atoms with van der Waals surface area (Å²) >= 11 is 3.54. The number of halogens is 1. The van der Waals surface area contributed by atoms with Gasteiger partial charge in [-0.3, -0.25) is 4.98 Å². The van der Waals surface area contributed by atoms with Crippen molar-refractivity contribution in [2.24, 2.45) is 0 Å². The second-order valence-electron chi connectivity index (χ2n) is 5.61. The molecule has 0 aliphatic heterocycles. The molecule has 24 heavy (non-hydrogen) atoms. The lowest BCUT2D eigenvalue weighted by molar-refractivity contribution is 0.876. The van der Waals surface area contributed by atoms with E-state index < -0.39 is 0 Å². The standard InChI is InChI=1S/C18H18BrN5/c1-12(2)21-18-23-16(13-6-5-9-20-11-13)10-17(24-18)22-15-8-4-3-7-14(15)19/h3-12H,1-2H3,(H2,21,22,23,24). The average Bonchev–Trinajstić information content (AvgIpc) is 2.57. The fraction of sp³-hybridized carbons (Fsp3) is 0.167. The minimum Gasteiger partial charge on any atom is -0.352 e. The minimum atomic E-state index is 0.241. The van der Waals surface area contributed by atoms with Gasteiger partial charge in [-0.2, -0.15) is 4.98 Å². The first kappa shape index (κ1) is 16.4. The molecule has 6 heteroatoms. The smallest absolute Gasteiger partial charge is 0.225 e. The van der Waals surface area contributed by atoms with Gasteiger partial charge in [0.15, 0.2) is 0 Å². The van der Waals surface area contributed by atoms with Crippen LogP contribution in [-0.2, 0) is 0 Å². The van der Waals surface area contributed by atoms with Gasteiger partial charge in [0.2, 0.25) is 5.95 Å². The predicted octanol–water partition coefficient (Wildman–Crippen LogP) is 4.87. The van der Waals surface area contributed by atoms with Crippen molar-refractivity contribution < 1.29 is 0 Å². The average molecular weight is 384 g/mol. The third-order valence-corrected chi connectivity index (χ3v) is 3.93. The summed E-state index contributed by atoms with van der Waals surface area (Å²) in [4.78, 5) is 13.3. The predicted molar refractivity (Wildman–Crippen MR) is 101 cm³/mol. The zero-order valence-corrected chi connectivity index (χ0v) is 15.1. The quantitative estimate of drug-likeness (QED) is 0.658. The van der Waals surface area contributed by atoms with Crippen molar-refractivity contribution in [2.75, 3.05) is 10.6 Å². The fourth-order valence-corrected chi connectivity index (χ4v) is 2.58. The van der Waals surface area contributed by atoms with Crippen LogP contribution in [0.15, 0.2) is 59.3 Å². The van der Waals surface area contributed by atoms with Crippen molar-refractivity contribution in [3.8, 4) is 11.3 Å². The van der Waals surface area contributed by atoms with Gasteiger partial charge in [-0.05, 0) is 54.0 Å². The maximum atomic E-state index is 4.59. The Bertz CT molecular complexity index is 821. The molecule has 0 spiro atoms. The second-order valence-corrected chi connectivity index (χ2v) is 6.46. The Balaban J connectivity index is 2.00. The Labute approximate surface area is 149 Å². The Hall–Kier alpha value is -2.47. The van der Waals surface area contributed by atoms with Gasteiger partial charge in [0, 0.05) is 34.5 Å². The summed E-state index contributed by atoms with van der Waals surface area (Å²) in [5.74, 6) is 1.31. The molecule has 3 rings (SSSR count). The Morgan fingerprint density at radius 2 is 1.88 bits per heavy atom. The van der Waals surface area contributed by atoms with Crippen molar-refractivity contribution in [1.29, 1.82) is 0 Å². The maximum Gasteiger partial charge on any atom is 0.225 e. The Kier molecular flexibility index (Phi) is 5.05. The summed E-state index contributed by atoms with van der Waals surface area (Å²) in [6.45, 7) is 4.11. The number of aromatic nitrogens is 3. The first-order valence-electron chi connectivity index (χ1n) is 7.69. The molecule has 2 heterocycles. The molecule has 0 amide bonds. The van der Waals surface area contributed by atoms with Gasteiger partial charge in [-0.1, -0.05) is 12.1 Å². The van der Waals surface area contributed by atoms with Crippen LogP contribution in [0.5, 0.6) is 0 Å². The van der Waals surface area contributed by atoms with E-state index in [1.807, 2.05) is 42.5 Å². The van der Waals surface area contributed by atoms with Crippen molar-refractivity contribution >= 4 is 33.4 Å². The molecule has 0 aliphatic rings. The first-order valence-corrected chi connectivity index (χ1v) is 8.48. The number of hydrogen-bond donors (Lipinski definition) is 2. The van der Waals surface area contributed by atoms with E-state index in [0.29, 0.717) is 5.95 Å². The summed E-state index contributed by atoms with van der Waals surface area (Å²) in [6.07, 6.45) is 3.54. The van der Waals surface area contributed by atoms with Crippen LogP contribution in [0.1, 0.15) is 13.8 Å². The molecule has 0 unspecified atom stereocenters. The summed E-state index contributed by atoms with van der Waals surface area (Å²) in [5, 5.41) is 6.60. The molecule has 122 valence electrons. The lowest BCUT2D eigenvalue weighted by atomic mass is 10.2. The highest BCUT2D eigenvalue weighted by atomic mass is 79.9. The molecule has 3 aromatic rings. The fourth-order valence-electron chi connectivity index (χ4n) is 2.20. The molecular formula is C18H18BrN5. The third-order valence-electron chi connectivity index (χ3n) is 3.24. The van der Waals surface area contributed by atoms with E-state index in [2.05, 4.69) is 55.4 Å². The van der Waals surface area contributed by atoms with Crippen LogP contribution >= 0.6 is 15.9 Å². The molecule has 5 nitrogen and oxygen atoms in total. The van der Waals surface area contributed by atoms with E-state index >= 15 is 0 Å². The van der Waals surface area contributed by atoms with Crippen molar-refractivity contribution in [3.05, 3.63) is 59.3 Å². The molecular weight excluding hydrogens is 366 g/mol. The number of nitrogens with zero attached hydrogens (tertiary/aromatic N) is 3. The number of rotatable bonds is 5. The lowest BCUT2D eigenvalue weighted by Crippen LogP contribution is -2.13. The van der Waals surface area contributed by atoms with E-state index in [-0.39, 0.29) is 6.04 Å². The van der Waals surface area contributed by atoms with Crippen LogP contribution < -0.4 is 10.6 Å². The largest absolute Gasteiger partial charge is 0.352 e. The Morgan fingerprint density at radius 1 is 1.04 bits per heavy atom. The van der Waals surface area contributed by atoms with Crippen molar-refractivity contribution in [3.63, 3.8) is 0 Å². The van der Waals surface area contributed by atoms with Crippen molar-refractivity contribution in [2.45, 2.75) is 19.9 Å². The molecule has 0 bridgehead atoms. The van der Waals surface area contributed by atoms with Crippen LogP contribution in [-0.4, -0.2) is 21.0 Å². The van der Waals surface area contributed by atoms with Crippen LogP contribution in [0.25, 0.3) is 11.3 Å². The maximum absolute atomic E-state index is 4.59. The molecule has 0 radical (unpaired) electrons. The van der Waals surface area contributed by atoms with Gasteiger partial charge in [0.1, 0.15) is 5.82 Å². The molecule has 0 aliphatic carbocycles. The van der Waals surface area contributed by atoms with Gasteiger partial charge in [0.25, 0.3) is 0 Å². The topological polar surface area (TPSA) is 62.7 Å².